The number of aromatic hydroxyl groups is 1. The molecule has 1 aliphatic heterocycles. The second-order valence-corrected chi connectivity index (χ2v) is 9.33. The Kier molecular flexibility index (Phi) is 4.76. The molecule has 0 radical (unpaired) electrons. The van der Waals surface area contributed by atoms with Crippen LogP contribution in [-0.2, 0) is 5.60 Å². The fourth-order valence-corrected chi connectivity index (χ4v) is 5.80. The Morgan fingerprint density at radius 1 is 1.04 bits per heavy atom. The van der Waals surface area contributed by atoms with Gasteiger partial charge in [0.25, 0.3) is 0 Å². The monoisotopic (exact) mass is 369 g/mol. The van der Waals surface area contributed by atoms with E-state index in [0.717, 1.165) is 31.5 Å². The van der Waals surface area contributed by atoms with E-state index in [0.29, 0.717) is 23.0 Å². The third-order valence-corrected chi connectivity index (χ3v) is 7.29. The number of fused-ring (bicyclic) bond motifs is 1. The Labute approximate surface area is 160 Å². The molecule has 3 nitrogen and oxygen atoms in total. The van der Waals surface area contributed by atoms with E-state index in [9.17, 15) is 10.2 Å². The lowest BCUT2D eigenvalue weighted by Gasteiger charge is -2.29. The van der Waals surface area contributed by atoms with Gasteiger partial charge in [0.2, 0.25) is 0 Å². The molecule has 1 saturated carbocycles. The largest absolute Gasteiger partial charge is 0.508 e. The van der Waals surface area contributed by atoms with Gasteiger partial charge in [-0.05, 0) is 73.9 Å². The van der Waals surface area contributed by atoms with E-state index in [4.69, 9.17) is 0 Å². The molecule has 2 unspecified atom stereocenters. The molecule has 26 heavy (non-hydrogen) atoms. The van der Waals surface area contributed by atoms with E-state index in [1.807, 2.05) is 36.0 Å². The predicted octanol–water partition coefficient (Wildman–Crippen LogP) is 4.37. The lowest BCUT2D eigenvalue weighted by atomic mass is 9.87. The first-order valence-corrected chi connectivity index (χ1v) is 10.3. The summed E-state index contributed by atoms with van der Waals surface area (Å²) in [5.74, 6) is 1.46. The molecule has 2 N–H and O–H groups in total. The van der Waals surface area contributed by atoms with E-state index in [2.05, 4.69) is 30.9 Å². The molecule has 1 heterocycles. The van der Waals surface area contributed by atoms with Crippen molar-refractivity contribution in [1.82, 2.24) is 4.90 Å². The van der Waals surface area contributed by atoms with Crippen LogP contribution < -0.4 is 0 Å². The lowest BCUT2D eigenvalue weighted by molar-refractivity contribution is 0.0306. The van der Waals surface area contributed by atoms with Crippen molar-refractivity contribution in [3.8, 4) is 5.75 Å². The van der Waals surface area contributed by atoms with Gasteiger partial charge in [-0.1, -0.05) is 24.3 Å². The molecule has 0 spiro atoms. The summed E-state index contributed by atoms with van der Waals surface area (Å²) in [7, 11) is 0. The minimum Gasteiger partial charge on any atom is -0.508 e. The zero-order chi connectivity index (χ0) is 18.3. The molecule has 0 bridgehead atoms. The maximum absolute atomic E-state index is 11.3. The van der Waals surface area contributed by atoms with Crippen LogP contribution in [0.25, 0.3) is 0 Å². The van der Waals surface area contributed by atoms with Crippen molar-refractivity contribution in [1.29, 1.82) is 0 Å². The van der Waals surface area contributed by atoms with Gasteiger partial charge in [0.15, 0.2) is 0 Å². The molecule has 1 saturated heterocycles. The first-order chi connectivity index (χ1) is 12.4. The minimum atomic E-state index is -0.653. The van der Waals surface area contributed by atoms with Crippen molar-refractivity contribution in [2.24, 2.45) is 11.8 Å². The van der Waals surface area contributed by atoms with Gasteiger partial charge in [-0.2, -0.15) is 0 Å². The van der Waals surface area contributed by atoms with Gasteiger partial charge >= 0.3 is 0 Å². The van der Waals surface area contributed by atoms with Crippen molar-refractivity contribution in [2.45, 2.75) is 42.6 Å². The van der Waals surface area contributed by atoms with Crippen LogP contribution in [0.5, 0.6) is 5.75 Å². The topological polar surface area (TPSA) is 43.7 Å². The van der Waals surface area contributed by atoms with Crippen LogP contribution >= 0.6 is 11.8 Å². The van der Waals surface area contributed by atoms with Gasteiger partial charge in [-0.25, -0.2) is 0 Å². The number of hydrogen-bond donors (Lipinski definition) is 2. The summed E-state index contributed by atoms with van der Waals surface area (Å²) in [5, 5.41) is 21.1. The van der Waals surface area contributed by atoms with Crippen molar-refractivity contribution in [3.63, 3.8) is 0 Å². The van der Waals surface area contributed by atoms with Gasteiger partial charge in [0, 0.05) is 18.0 Å². The van der Waals surface area contributed by atoms with Crippen molar-refractivity contribution < 1.29 is 10.2 Å². The van der Waals surface area contributed by atoms with E-state index in [1.165, 1.54) is 10.5 Å². The molecule has 2 aromatic carbocycles. The summed E-state index contributed by atoms with van der Waals surface area (Å²) in [6.07, 6.45) is 1.74. The summed E-state index contributed by atoms with van der Waals surface area (Å²) in [6, 6.07) is 15.7. The van der Waals surface area contributed by atoms with Gasteiger partial charge in [-0.15, -0.1) is 11.8 Å². The summed E-state index contributed by atoms with van der Waals surface area (Å²) < 4.78 is 0. The highest BCUT2D eigenvalue weighted by Crippen LogP contribution is 2.50. The van der Waals surface area contributed by atoms with Crippen molar-refractivity contribution in [3.05, 3.63) is 59.7 Å². The van der Waals surface area contributed by atoms with Crippen LogP contribution in [0.4, 0.5) is 0 Å². The number of hydrogen-bond acceptors (Lipinski definition) is 4. The zero-order valence-corrected chi connectivity index (χ0v) is 16.2. The van der Waals surface area contributed by atoms with E-state index >= 15 is 0 Å². The second-order valence-electron chi connectivity index (χ2n) is 7.94. The van der Waals surface area contributed by atoms with Gasteiger partial charge in [0.1, 0.15) is 5.75 Å². The molecule has 1 aliphatic carbocycles. The van der Waals surface area contributed by atoms with E-state index in [-0.39, 0.29) is 0 Å². The summed E-state index contributed by atoms with van der Waals surface area (Å²) in [5.41, 5.74) is 1.66. The molecule has 2 aliphatic rings. The Morgan fingerprint density at radius 3 is 2.27 bits per heavy atom. The third-order valence-electron chi connectivity index (χ3n) is 6.11. The summed E-state index contributed by atoms with van der Waals surface area (Å²) in [6.45, 7) is 6.48. The summed E-state index contributed by atoms with van der Waals surface area (Å²) >= 11 is 1.84. The predicted molar refractivity (Wildman–Crippen MR) is 106 cm³/mol. The first kappa shape index (κ1) is 17.9. The Hall–Kier alpha value is -1.49. The molecule has 2 aromatic rings. The highest BCUT2D eigenvalue weighted by Gasteiger charge is 2.49. The quantitative estimate of drug-likeness (QED) is 0.786. The average Bonchev–Trinajstić information content (AvgIpc) is 3.13. The van der Waals surface area contributed by atoms with Crippen LogP contribution in [0.2, 0.25) is 0 Å². The normalized spacial score (nSPS) is 29.7. The number of phenols is 1. The third kappa shape index (κ3) is 3.38. The van der Waals surface area contributed by atoms with E-state index < -0.39 is 5.60 Å². The average molecular weight is 370 g/mol. The van der Waals surface area contributed by atoms with Crippen LogP contribution in [0.3, 0.4) is 0 Å². The molecule has 138 valence electrons. The molecule has 4 rings (SSSR count). The van der Waals surface area contributed by atoms with E-state index in [1.54, 1.807) is 12.1 Å². The highest BCUT2D eigenvalue weighted by molar-refractivity contribution is 7.99. The second kappa shape index (κ2) is 6.91. The van der Waals surface area contributed by atoms with Gasteiger partial charge in [-0.3, -0.25) is 4.90 Å². The number of phenolic OH excluding ortho intramolecular Hbond substituents is 1. The maximum Gasteiger partial charge on any atom is 0.115 e. The number of rotatable bonds is 4. The zero-order valence-electron chi connectivity index (χ0n) is 15.4. The number of nitrogens with zero attached hydrogens (tertiary/aromatic N) is 1. The standard InChI is InChI=1S/C22H27NO2S/c1-15-5-3-4-6-21(15)22(25)11-17-13-23(14-18(17)12-22)16(2)26-20-9-7-19(24)8-10-20/h3-10,16-18,24-25H,11-14H2,1-2H3/t16?,17-,18+,22?. The van der Waals surface area contributed by atoms with Crippen molar-refractivity contribution >= 4 is 11.8 Å². The van der Waals surface area contributed by atoms with Crippen LogP contribution in [0, 0.1) is 18.8 Å². The maximum atomic E-state index is 11.3. The molecule has 4 atom stereocenters. The Balaban J connectivity index is 1.40. The number of likely N-dealkylation sites (tertiary alicyclic amines) is 1. The van der Waals surface area contributed by atoms with Crippen LogP contribution in [-0.4, -0.2) is 33.6 Å². The first-order valence-electron chi connectivity index (χ1n) is 9.43. The van der Waals surface area contributed by atoms with Crippen LogP contribution in [0.1, 0.15) is 30.9 Å². The number of aliphatic hydroxyl groups is 1. The summed E-state index contributed by atoms with van der Waals surface area (Å²) in [4.78, 5) is 3.73. The molecule has 0 aromatic heterocycles. The van der Waals surface area contributed by atoms with Crippen molar-refractivity contribution in [2.75, 3.05) is 13.1 Å². The highest BCUT2D eigenvalue weighted by atomic mass is 32.2. The molecule has 4 heteroatoms. The molecule has 2 fully saturated rings. The fraction of sp³-hybridized carbons (Fsp3) is 0.455. The number of benzene rings is 2. The van der Waals surface area contributed by atoms with Gasteiger partial charge < -0.3 is 10.2 Å². The fourth-order valence-electron chi connectivity index (χ4n) is 4.80. The lowest BCUT2D eigenvalue weighted by Crippen LogP contribution is -2.32. The SMILES string of the molecule is Cc1ccccc1C1(O)C[C@H]2CN(C(C)Sc3ccc(O)cc3)C[C@H]2C1. The molecular formula is C22H27NO2S. The number of aryl methyl sites for hydroxylation is 1. The number of thioether (sulfide) groups is 1. The Morgan fingerprint density at radius 2 is 1.65 bits per heavy atom. The Bertz CT molecular complexity index is 762. The van der Waals surface area contributed by atoms with Gasteiger partial charge in [0.05, 0.1) is 11.0 Å². The minimum absolute atomic E-state index is 0.313. The molecular weight excluding hydrogens is 342 g/mol. The smallest absolute Gasteiger partial charge is 0.115 e. The van der Waals surface area contributed by atoms with Crippen LogP contribution in [0.15, 0.2) is 53.4 Å². The molecule has 0 amide bonds.